The van der Waals surface area contributed by atoms with Crippen LogP contribution >= 0.6 is 11.6 Å². The fourth-order valence-electron chi connectivity index (χ4n) is 21.1. The highest BCUT2D eigenvalue weighted by atomic mass is 35.5. The van der Waals surface area contributed by atoms with Crippen molar-refractivity contribution in [1.82, 2.24) is 19.6 Å². The molecule has 4 heterocycles. The van der Waals surface area contributed by atoms with Crippen LogP contribution in [0.1, 0.15) is 220 Å². The molecule has 9 nitrogen and oxygen atoms in total. The molecule has 5 aromatic carbocycles. The molecule has 7 aliphatic carbocycles. The Balaban J connectivity index is 0.000000119. The molecular weight excluding hydrogens is 1260 g/mol. The molecule has 0 amide bonds. The number of fused-ring (bicyclic) bond motifs is 6. The van der Waals surface area contributed by atoms with Gasteiger partial charge >= 0.3 is 0 Å². The molecule has 0 aromatic heterocycles. The summed E-state index contributed by atoms with van der Waals surface area (Å²) in [4.78, 5) is 11.2. The molecule has 13 heteroatoms. The second-order valence-electron chi connectivity index (χ2n) is 32.1. The highest BCUT2D eigenvalue weighted by Crippen LogP contribution is 2.52. The van der Waals surface area contributed by atoms with Gasteiger partial charge in [0.25, 0.3) is 0 Å². The van der Waals surface area contributed by atoms with Crippen LogP contribution in [0.3, 0.4) is 0 Å². The fourth-order valence-corrected chi connectivity index (χ4v) is 22.2. The van der Waals surface area contributed by atoms with Gasteiger partial charge in [0.05, 0.1) is 32.0 Å². The first-order valence-electron chi connectivity index (χ1n) is 39.1. The number of aryl methyl sites for hydroxylation is 1. The zero-order chi connectivity index (χ0) is 67.9. The van der Waals surface area contributed by atoms with Crippen LogP contribution in [0.5, 0.6) is 17.2 Å². The maximum atomic E-state index is 15.5. The van der Waals surface area contributed by atoms with Gasteiger partial charge < -0.3 is 33.8 Å². The fraction of sp³-hybridized carbons (Fsp3) is 0.647. The third kappa shape index (κ3) is 16.7. The zero-order valence-corrected chi connectivity index (χ0v) is 61.7. The minimum absolute atomic E-state index is 0.00845. The highest BCUT2D eigenvalue weighted by molar-refractivity contribution is 7.91. The number of nitrogens with zero attached hydrogens (tertiary/aromatic N) is 4. The Morgan fingerprint density at radius 3 is 1.42 bits per heavy atom. The summed E-state index contributed by atoms with van der Waals surface area (Å²) in [7, 11) is 1.99. The molecule has 4 aliphatic heterocycles. The van der Waals surface area contributed by atoms with E-state index in [1.165, 1.54) is 191 Å². The maximum Gasteiger partial charge on any atom is 0.178 e. The van der Waals surface area contributed by atoms with Crippen LogP contribution < -0.4 is 14.2 Å². The minimum atomic E-state index is -3.17. The standard InChI is InChI=1S/C27H35NO3S.C21H31NO.C19H27ClFNO.C18H24FN/c1-3-32(29,30)24-9-6-20(7-10-24)22-8-11-27(31-2)25(18-22)21-12-14-28(15-13-21)26-17-19-4-5-23(26)16-19;1-3-15-5-7-21(23-2)19(13-15)17-8-10-22(11-9-17)20-14-16-4-6-18(20)12-16;1-23-18-8-7-16(20)13-17(18)19(21)9-11-22(12-10-19)14-15-5-3-2-4-6-15;19-17-4-2-1-3-16(17)14-7-9-20(10-8-14)18-12-13-5-6-15(18)11-13/h6-11,18-19,21,23,26H,3-5,12-17H2,1-2H3;5,7,13,16-18,20H,3-4,6,8-12,14H2,1-2H3;7-8,13,15H,2-6,9-12,14H2,1H3;1-4,13-15,18H,5-12H2/t;16-,18?,20+;;/m.0../s1. The molecule has 5 aromatic rings. The average Bonchev–Trinajstić information content (AvgIpc) is 1.44. The first-order valence-corrected chi connectivity index (χ1v) is 41.1. The SMILES string of the molecule is CCS(=O)(=O)c1ccc(-c2ccc(OC)c(C3CCN(C4CC5CCC4C5)CC3)c2)cc1.CCc1ccc(OC)c(C2CCN([C@@H]3C[C@H]4CCC3C4)CC2)c1.COc1ccc(Cl)cc1C1(F)CCN(CC2CCCCC2)CC1.Fc1ccccc1C1CCN(C2CC3CCC2C3)CC1. The van der Waals surface area contributed by atoms with Crippen LogP contribution in [0.2, 0.25) is 5.02 Å². The number of likely N-dealkylation sites (tertiary alicyclic amines) is 4. The predicted molar refractivity (Wildman–Crippen MR) is 396 cm³/mol. The number of methoxy groups -OCH3 is 3. The first kappa shape index (κ1) is 71.8. The summed E-state index contributed by atoms with van der Waals surface area (Å²) >= 11 is 6.08. The molecule has 11 fully saturated rings. The molecule has 4 saturated heterocycles. The summed E-state index contributed by atoms with van der Waals surface area (Å²) < 4.78 is 70.4. The summed E-state index contributed by atoms with van der Waals surface area (Å²) in [5.74, 6) is 11.3. The maximum absolute atomic E-state index is 15.5. The molecule has 11 aliphatic rings. The van der Waals surface area contributed by atoms with Gasteiger partial charge in [0.15, 0.2) is 9.84 Å². The van der Waals surface area contributed by atoms with Crippen molar-refractivity contribution in [1.29, 1.82) is 0 Å². The van der Waals surface area contributed by atoms with Crippen LogP contribution in [-0.2, 0) is 21.9 Å². The Bertz CT molecular complexity index is 3500. The molecule has 98 heavy (non-hydrogen) atoms. The van der Waals surface area contributed by atoms with E-state index < -0.39 is 15.5 Å². The second kappa shape index (κ2) is 32.8. The number of piperidine rings is 4. The van der Waals surface area contributed by atoms with Gasteiger partial charge in [0.2, 0.25) is 0 Å². The molecule has 6 bridgehead atoms. The number of hydrogen-bond acceptors (Lipinski definition) is 9. The number of ether oxygens (including phenoxy) is 3. The van der Waals surface area contributed by atoms with E-state index in [0.29, 0.717) is 51.8 Å². The Morgan fingerprint density at radius 2 is 0.959 bits per heavy atom. The highest BCUT2D eigenvalue weighted by Gasteiger charge is 2.46. The number of hydrogen-bond donors (Lipinski definition) is 0. The van der Waals surface area contributed by atoms with Crippen molar-refractivity contribution in [2.24, 2.45) is 41.4 Å². The van der Waals surface area contributed by atoms with Crippen LogP contribution in [0.4, 0.5) is 8.78 Å². The van der Waals surface area contributed by atoms with Crippen LogP contribution in [0, 0.1) is 47.2 Å². The van der Waals surface area contributed by atoms with Gasteiger partial charge in [0, 0.05) is 48.3 Å². The Labute approximate surface area is 593 Å². The van der Waals surface area contributed by atoms with Crippen molar-refractivity contribution in [3.63, 3.8) is 0 Å². The van der Waals surface area contributed by atoms with Crippen molar-refractivity contribution in [2.45, 2.75) is 227 Å². The Morgan fingerprint density at radius 1 is 0.490 bits per heavy atom. The first-order chi connectivity index (χ1) is 47.7. The molecule has 9 atom stereocenters. The molecule has 7 unspecified atom stereocenters. The van der Waals surface area contributed by atoms with Gasteiger partial charge in [-0.2, -0.15) is 0 Å². The van der Waals surface area contributed by atoms with E-state index in [2.05, 4.69) is 62.9 Å². The van der Waals surface area contributed by atoms with Crippen molar-refractivity contribution < 1.29 is 31.4 Å². The van der Waals surface area contributed by atoms with Crippen molar-refractivity contribution >= 4 is 21.4 Å². The van der Waals surface area contributed by atoms with E-state index in [9.17, 15) is 12.8 Å². The topological polar surface area (TPSA) is 74.8 Å². The summed E-state index contributed by atoms with van der Waals surface area (Å²) in [5, 5.41) is 0.572. The summed E-state index contributed by atoms with van der Waals surface area (Å²) in [6.07, 6.45) is 33.9. The van der Waals surface area contributed by atoms with Gasteiger partial charge in [-0.15, -0.1) is 0 Å². The Hall–Kier alpha value is -4.56. The monoisotopic (exact) mass is 1380 g/mol. The van der Waals surface area contributed by atoms with Gasteiger partial charge in [-0.1, -0.05) is 113 Å². The van der Waals surface area contributed by atoms with E-state index in [0.717, 1.165) is 127 Å². The van der Waals surface area contributed by atoms with E-state index in [-0.39, 0.29) is 11.6 Å². The lowest BCUT2D eigenvalue weighted by molar-refractivity contribution is 0.0440. The molecule has 534 valence electrons. The summed E-state index contributed by atoms with van der Waals surface area (Å²) in [6, 6.07) is 35.7. The number of rotatable bonds is 16. The summed E-state index contributed by atoms with van der Waals surface area (Å²) in [5.41, 5.74) is 6.60. The quantitative estimate of drug-likeness (QED) is 0.0960. The van der Waals surface area contributed by atoms with Gasteiger partial charge in [0.1, 0.15) is 28.7 Å². The lowest BCUT2D eigenvalue weighted by Crippen LogP contribution is -2.43. The molecule has 0 radical (unpaired) electrons. The number of alkyl halides is 1. The summed E-state index contributed by atoms with van der Waals surface area (Å²) in [6.45, 7) is 14.0. The molecule has 0 N–H and O–H groups in total. The Kier molecular flexibility index (Phi) is 24.1. The molecular formula is C85H117ClF2N4O5S. The van der Waals surface area contributed by atoms with Gasteiger partial charge in [-0.05, 0) is 315 Å². The lowest BCUT2D eigenvalue weighted by Gasteiger charge is -2.40. The van der Waals surface area contributed by atoms with Gasteiger partial charge in [-0.3, -0.25) is 0 Å². The van der Waals surface area contributed by atoms with Crippen LogP contribution in [0.15, 0.2) is 108 Å². The van der Waals surface area contributed by atoms with E-state index in [1.807, 2.05) is 31.4 Å². The van der Waals surface area contributed by atoms with Crippen LogP contribution in [-0.4, -0.2) is 132 Å². The smallest absolute Gasteiger partial charge is 0.178 e. The molecule has 16 rings (SSSR count). The van der Waals surface area contributed by atoms with E-state index in [1.54, 1.807) is 63.6 Å². The van der Waals surface area contributed by atoms with Crippen molar-refractivity contribution in [3.05, 3.63) is 142 Å². The average molecular weight is 1380 g/mol. The normalized spacial score (nSPS) is 28.6. The second-order valence-corrected chi connectivity index (χ2v) is 34.8. The third-order valence-corrected chi connectivity index (χ3v) is 28.7. The van der Waals surface area contributed by atoms with E-state index >= 15 is 4.39 Å². The van der Waals surface area contributed by atoms with Crippen molar-refractivity contribution in [2.75, 3.05) is 86.0 Å². The van der Waals surface area contributed by atoms with Gasteiger partial charge in [-0.25, -0.2) is 17.2 Å². The van der Waals surface area contributed by atoms with Crippen LogP contribution in [0.25, 0.3) is 11.1 Å². The number of sulfone groups is 1. The van der Waals surface area contributed by atoms with E-state index in [4.69, 9.17) is 25.8 Å². The number of halogens is 3. The predicted octanol–water partition coefficient (Wildman–Crippen LogP) is 19.5. The minimum Gasteiger partial charge on any atom is -0.496 e. The lowest BCUT2D eigenvalue weighted by atomic mass is 9.84. The largest absolute Gasteiger partial charge is 0.496 e. The molecule has 7 saturated carbocycles. The zero-order valence-electron chi connectivity index (χ0n) is 60.1. The van der Waals surface area contributed by atoms with Crippen molar-refractivity contribution in [3.8, 4) is 28.4 Å². The third-order valence-electron chi connectivity index (χ3n) is 26.7. The molecule has 0 spiro atoms. The number of benzene rings is 5.